The van der Waals surface area contributed by atoms with Crippen LogP contribution >= 0.6 is 0 Å². The molecule has 0 bridgehead atoms. The summed E-state index contributed by atoms with van der Waals surface area (Å²) < 4.78 is 1.72. The zero-order chi connectivity index (χ0) is 27.4. The Bertz CT molecular complexity index is 1010. The van der Waals surface area contributed by atoms with Gasteiger partial charge in [-0.05, 0) is 84.2 Å². The van der Waals surface area contributed by atoms with E-state index < -0.39 is 5.54 Å². The first-order valence-electron chi connectivity index (χ1n) is 14.2. The predicted octanol–water partition coefficient (Wildman–Crippen LogP) is 1.59. The number of rotatable bonds is 6. The lowest BCUT2D eigenvalue weighted by molar-refractivity contribution is -0.137. The van der Waals surface area contributed by atoms with Crippen molar-refractivity contribution in [2.24, 2.45) is 17.4 Å². The Labute approximate surface area is 225 Å². The van der Waals surface area contributed by atoms with Gasteiger partial charge in [0.15, 0.2) is 0 Å². The Balaban J connectivity index is 1.23. The second-order valence-electron chi connectivity index (χ2n) is 12.1. The summed E-state index contributed by atoms with van der Waals surface area (Å²) in [7, 11) is 2.25. The summed E-state index contributed by atoms with van der Waals surface area (Å²) in [4.78, 5) is 47.9. The Morgan fingerprint density at radius 1 is 1.03 bits per heavy atom. The van der Waals surface area contributed by atoms with E-state index in [1.165, 1.54) is 12.8 Å². The zero-order valence-electron chi connectivity index (χ0n) is 23.3. The van der Waals surface area contributed by atoms with E-state index in [0.717, 1.165) is 45.1 Å². The normalized spacial score (nSPS) is 26.9. The molecule has 212 valence electrons. The SMILES string of the molecule is CN(CC1CCC(n2ccc(NC(=O)N3CCN(C(=O)C(C)(C)N)CC3)nc2=O)CC1)C1CCC(N)CC1. The van der Waals surface area contributed by atoms with Gasteiger partial charge in [-0.1, -0.05) is 0 Å². The monoisotopic (exact) mass is 530 g/mol. The second kappa shape index (κ2) is 12.1. The van der Waals surface area contributed by atoms with Crippen LogP contribution in [0.5, 0.6) is 0 Å². The minimum Gasteiger partial charge on any atom is -0.338 e. The summed E-state index contributed by atoms with van der Waals surface area (Å²) in [5, 5.41) is 2.74. The van der Waals surface area contributed by atoms with Crippen molar-refractivity contribution in [2.75, 3.05) is 45.1 Å². The lowest BCUT2D eigenvalue weighted by Gasteiger charge is -2.37. The average molecular weight is 531 g/mol. The van der Waals surface area contributed by atoms with E-state index in [4.69, 9.17) is 11.5 Å². The van der Waals surface area contributed by atoms with Crippen LogP contribution in [0.3, 0.4) is 0 Å². The molecule has 2 aliphatic carbocycles. The highest BCUT2D eigenvalue weighted by Gasteiger charge is 2.32. The van der Waals surface area contributed by atoms with E-state index in [9.17, 15) is 14.4 Å². The smallest absolute Gasteiger partial charge is 0.338 e. The fourth-order valence-electron chi connectivity index (χ4n) is 6.17. The lowest BCUT2D eigenvalue weighted by atomic mass is 9.84. The number of hydrogen-bond acceptors (Lipinski definition) is 7. The van der Waals surface area contributed by atoms with Gasteiger partial charge < -0.3 is 26.2 Å². The van der Waals surface area contributed by atoms with Gasteiger partial charge in [-0.3, -0.25) is 14.7 Å². The molecule has 0 spiro atoms. The summed E-state index contributed by atoms with van der Waals surface area (Å²) in [5.74, 6) is 0.777. The highest BCUT2D eigenvalue weighted by molar-refractivity contribution is 5.89. The third kappa shape index (κ3) is 7.12. The molecular formula is C27H46N8O3. The molecule has 2 saturated carbocycles. The molecule has 2 heterocycles. The Morgan fingerprint density at radius 3 is 2.21 bits per heavy atom. The summed E-state index contributed by atoms with van der Waals surface area (Å²) in [6.07, 6.45) is 10.5. The van der Waals surface area contributed by atoms with Gasteiger partial charge in [0, 0.05) is 57.0 Å². The van der Waals surface area contributed by atoms with Gasteiger partial charge in [0.25, 0.3) is 0 Å². The number of piperazine rings is 1. The second-order valence-corrected chi connectivity index (χ2v) is 12.1. The molecule has 4 rings (SSSR count). The maximum Gasteiger partial charge on any atom is 0.349 e. The molecule has 1 aromatic rings. The molecule has 0 radical (unpaired) electrons. The Morgan fingerprint density at radius 2 is 1.63 bits per heavy atom. The molecule has 11 nitrogen and oxygen atoms in total. The Hall–Kier alpha value is -2.50. The molecule has 0 aromatic carbocycles. The van der Waals surface area contributed by atoms with E-state index in [1.807, 2.05) is 0 Å². The molecule has 1 saturated heterocycles. The van der Waals surface area contributed by atoms with Crippen LogP contribution in [0, 0.1) is 5.92 Å². The van der Waals surface area contributed by atoms with E-state index in [1.54, 1.807) is 40.5 Å². The first-order chi connectivity index (χ1) is 18.0. The number of hydrogen-bond donors (Lipinski definition) is 3. The minimum atomic E-state index is -0.933. The van der Waals surface area contributed by atoms with Crippen LogP contribution in [0.15, 0.2) is 17.1 Å². The van der Waals surface area contributed by atoms with Crippen LogP contribution in [0.2, 0.25) is 0 Å². The topological polar surface area (TPSA) is 143 Å². The van der Waals surface area contributed by atoms with Gasteiger partial charge in [0.2, 0.25) is 5.91 Å². The molecule has 1 aromatic heterocycles. The van der Waals surface area contributed by atoms with Crippen molar-refractivity contribution in [1.29, 1.82) is 0 Å². The fourth-order valence-corrected chi connectivity index (χ4v) is 6.17. The molecule has 0 unspecified atom stereocenters. The molecule has 3 amide bonds. The third-order valence-electron chi connectivity index (χ3n) is 8.59. The molecule has 3 fully saturated rings. The summed E-state index contributed by atoms with van der Waals surface area (Å²) in [6.45, 7) is 6.12. The van der Waals surface area contributed by atoms with Gasteiger partial charge in [0.05, 0.1) is 5.54 Å². The molecule has 5 N–H and O–H groups in total. The van der Waals surface area contributed by atoms with Crippen LogP contribution in [0.25, 0.3) is 0 Å². The van der Waals surface area contributed by atoms with Crippen molar-refractivity contribution in [1.82, 2.24) is 24.3 Å². The highest BCUT2D eigenvalue weighted by atomic mass is 16.2. The minimum absolute atomic E-state index is 0.127. The van der Waals surface area contributed by atoms with Gasteiger partial charge in [-0.25, -0.2) is 9.59 Å². The number of carbonyl (C=O) groups excluding carboxylic acids is 2. The molecular weight excluding hydrogens is 484 g/mol. The molecule has 3 aliphatic rings. The number of amides is 3. The fraction of sp³-hybridized carbons (Fsp3) is 0.778. The van der Waals surface area contributed by atoms with Crippen molar-refractivity contribution < 1.29 is 9.59 Å². The predicted molar refractivity (Wildman–Crippen MR) is 148 cm³/mol. The van der Waals surface area contributed by atoms with Crippen molar-refractivity contribution in [3.8, 4) is 0 Å². The first-order valence-corrected chi connectivity index (χ1v) is 14.2. The Kier molecular flexibility index (Phi) is 9.10. The van der Waals surface area contributed by atoms with E-state index >= 15 is 0 Å². The number of nitrogens with zero attached hydrogens (tertiary/aromatic N) is 5. The van der Waals surface area contributed by atoms with Crippen molar-refractivity contribution in [2.45, 2.75) is 88.9 Å². The van der Waals surface area contributed by atoms with Gasteiger partial charge in [0.1, 0.15) is 5.82 Å². The van der Waals surface area contributed by atoms with Crippen LogP contribution in [-0.4, -0.2) is 93.6 Å². The van der Waals surface area contributed by atoms with E-state index in [0.29, 0.717) is 44.2 Å². The number of carbonyl (C=O) groups is 2. The van der Waals surface area contributed by atoms with E-state index in [2.05, 4.69) is 22.2 Å². The number of aromatic nitrogens is 2. The number of anilines is 1. The van der Waals surface area contributed by atoms with Crippen molar-refractivity contribution >= 4 is 17.8 Å². The van der Waals surface area contributed by atoms with Crippen LogP contribution < -0.4 is 22.5 Å². The van der Waals surface area contributed by atoms with E-state index in [-0.39, 0.29) is 29.5 Å². The average Bonchev–Trinajstić information content (AvgIpc) is 2.89. The molecule has 0 atom stereocenters. The first kappa shape index (κ1) is 28.5. The van der Waals surface area contributed by atoms with Crippen molar-refractivity contribution in [3.05, 3.63) is 22.7 Å². The maximum absolute atomic E-state index is 12.8. The number of urea groups is 1. The van der Waals surface area contributed by atoms with Crippen LogP contribution in [0.1, 0.15) is 71.3 Å². The molecule has 38 heavy (non-hydrogen) atoms. The maximum atomic E-state index is 12.8. The number of nitrogens with two attached hydrogens (primary N) is 2. The summed E-state index contributed by atoms with van der Waals surface area (Å²) in [5.41, 5.74) is 10.7. The molecule has 1 aliphatic heterocycles. The van der Waals surface area contributed by atoms with Crippen molar-refractivity contribution in [3.63, 3.8) is 0 Å². The van der Waals surface area contributed by atoms with Gasteiger partial charge in [-0.2, -0.15) is 4.98 Å². The highest BCUT2D eigenvalue weighted by Crippen LogP contribution is 2.33. The summed E-state index contributed by atoms with van der Waals surface area (Å²) >= 11 is 0. The standard InChI is InChI=1S/C27H46N8O3/c1-27(2,29)24(36)33-14-16-34(17-15-33)25(37)30-23-12-13-35(26(38)31-23)22-8-4-19(5-9-22)18-32(3)21-10-6-20(28)7-11-21/h12-13,19-22H,4-11,14-18,28-29H2,1-3H3,(H,30,31,37,38). The summed E-state index contributed by atoms with van der Waals surface area (Å²) in [6, 6.07) is 2.54. The quantitative estimate of drug-likeness (QED) is 0.507. The molecule has 11 heteroatoms. The van der Waals surface area contributed by atoms with Gasteiger partial charge >= 0.3 is 11.7 Å². The van der Waals surface area contributed by atoms with Gasteiger partial charge in [-0.15, -0.1) is 0 Å². The number of nitrogens with one attached hydrogen (secondary N) is 1. The van der Waals surface area contributed by atoms with Crippen LogP contribution in [-0.2, 0) is 4.79 Å². The largest absolute Gasteiger partial charge is 0.349 e. The van der Waals surface area contributed by atoms with Crippen LogP contribution in [0.4, 0.5) is 10.6 Å². The lowest BCUT2D eigenvalue weighted by Crippen LogP contribution is -2.58. The third-order valence-corrected chi connectivity index (χ3v) is 8.59. The zero-order valence-corrected chi connectivity index (χ0v) is 23.3.